The molecule has 5 aromatic rings. The highest BCUT2D eigenvalue weighted by molar-refractivity contribution is 7.72. The van der Waals surface area contributed by atoms with Crippen molar-refractivity contribution in [2.75, 3.05) is 0 Å². The molecule has 0 unspecified atom stereocenters. The van der Waals surface area contributed by atoms with Crippen molar-refractivity contribution in [2.45, 2.75) is 12.3 Å². The third kappa shape index (κ3) is 6.54. The fourth-order valence-corrected chi connectivity index (χ4v) is 9.94. The van der Waals surface area contributed by atoms with E-state index >= 15 is 35.1 Å². The fourth-order valence-electron chi connectivity index (χ4n) is 5.05. The summed E-state index contributed by atoms with van der Waals surface area (Å²) in [7, 11) is -7.95. The highest BCUT2D eigenvalue weighted by Crippen LogP contribution is 2.46. The summed E-state index contributed by atoms with van der Waals surface area (Å²) in [5.74, 6) is -55.4. The molecule has 0 heterocycles. The van der Waals surface area contributed by atoms with E-state index in [9.17, 15) is 52.7 Å². The summed E-state index contributed by atoms with van der Waals surface area (Å²) in [6.45, 7) is 0. The second-order valence-corrected chi connectivity index (χ2v) is 14.8. The molecular formula is C32H8F20P2. The van der Waals surface area contributed by atoms with Gasteiger partial charge in [0.05, 0.1) is 21.2 Å². The maximum Gasteiger partial charge on any atom is 0.200 e. The molecule has 0 aliphatic rings. The molecule has 22 heteroatoms. The zero-order valence-corrected chi connectivity index (χ0v) is 27.0. The van der Waals surface area contributed by atoms with E-state index in [2.05, 4.69) is 0 Å². The first-order chi connectivity index (χ1) is 25.1. The Hall–Kier alpha value is -4.44. The molecule has 0 saturated heterocycles. The Morgan fingerprint density at radius 3 is 0.611 bits per heavy atom. The van der Waals surface area contributed by atoms with E-state index in [-0.39, 0.29) is 0 Å². The van der Waals surface area contributed by atoms with Gasteiger partial charge in [0.15, 0.2) is 93.1 Å². The second kappa shape index (κ2) is 15.0. The molecule has 0 aliphatic heterocycles. The number of hydrogen-bond acceptors (Lipinski definition) is 0. The van der Waals surface area contributed by atoms with Gasteiger partial charge in [-0.25, -0.2) is 87.8 Å². The van der Waals surface area contributed by atoms with Gasteiger partial charge in [0, 0.05) is 12.3 Å². The first-order valence-electron chi connectivity index (χ1n) is 13.8. The van der Waals surface area contributed by atoms with Crippen LogP contribution in [0, 0.1) is 116 Å². The van der Waals surface area contributed by atoms with Crippen molar-refractivity contribution in [3.05, 3.63) is 152 Å². The molecular weight excluding hydrogens is 826 g/mol. The summed E-state index contributed by atoms with van der Waals surface area (Å²) in [5, 5.41) is -8.39. The standard InChI is InChI=1S/C32H8F20P2/c33-9-13(37)21(45)29(22(46)14(9)38)53(30-23(47)15(39)10(34)16(40)24(30)48)5-7-2-1-3-8(4-7)6-54(31-25(49)17(41)11(35)18(42)26(31)50)32-27(51)19(43)12(36)20(44)28(32)52/h1-4H,5-6H2. The van der Waals surface area contributed by atoms with Crippen LogP contribution in [-0.4, -0.2) is 0 Å². The van der Waals surface area contributed by atoms with Gasteiger partial charge >= 0.3 is 0 Å². The van der Waals surface area contributed by atoms with E-state index in [4.69, 9.17) is 0 Å². The Kier molecular flexibility index (Phi) is 11.3. The smallest absolute Gasteiger partial charge is 0.200 e. The molecule has 0 saturated carbocycles. The van der Waals surface area contributed by atoms with Crippen LogP contribution >= 0.6 is 15.8 Å². The molecule has 0 atom stereocenters. The highest BCUT2D eigenvalue weighted by Gasteiger charge is 2.39. The average molecular weight is 834 g/mol. The molecule has 286 valence electrons. The molecule has 0 aromatic heterocycles. The maximum absolute atomic E-state index is 15.0. The normalized spacial score (nSPS) is 11.8. The van der Waals surface area contributed by atoms with E-state index in [1.807, 2.05) is 0 Å². The molecule has 0 bridgehead atoms. The Labute approximate surface area is 289 Å². The summed E-state index contributed by atoms with van der Waals surface area (Å²) in [4.78, 5) is 0. The topological polar surface area (TPSA) is 0 Å². The predicted octanol–water partition coefficient (Wildman–Crippen LogP) is 9.73. The summed E-state index contributed by atoms with van der Waals surface area (Å²) < 4.78 is 290. The van der Waals surface area contributed by atoms with E-state index in [0.29, 0.717) is 6.07 Å². The first kappa shape index (κ1) is 40.7. The SMILES string of the molecule is Fc1c(F)c(F)c(P(Cc2cccc(CP(c3c(F)c(F)c(F)c(F)c3F)c3c(F)c(F)c(F)c(F)c3F)c2)c2c(F)c(F)c(F)c(F)c2F)c(F)c1F. The molecule has 5 rings (SSSR count). The fraction of sp³-hybridized carbons (Fsp3) is 0.0625. The Balaban J connectivity index is 1.75. The summed E-state index contributed by atoms with van der Waals surface area (Å²) in [5.41, 5.74) is -1.34. The van der Waals surface area contributed by atoms with Gasteiger partial charge < -0.3 is 0 Å². The molecule has 54 heavy (non-hydrogen) atoms. The van der Waals surface area contributed by atoms with Crippen molar-refractivity contribution in [2.24, 2.45) is 0 Å². The van der Waals surface area contributed by atoms with Crippen LogP contribution in [0.2, 0.25) is 0 Å². The maximum atomic E-state index is 15.0. The monoisotopic (exact) mass is 834 g/mol. The van der Waals surface area contributed by atoms with Crippen LogP contribution in [0.25, 0.3) is 0 Å². The van der Waals surface area contributed by atoms with Crippen LogP contribution in [0.15, 0.2) is 24.3 Å². The van der Waals surface area contributed by atoms with Crippen molar-refractivity contribution < 1.29 is 87.8 Å². The lowest BCUT2D eigenvalue weighted by atomic mass is 10.2. The van der Waals surface area contributed by atoms with Gasteiger partial charge in [0.1, 0.15) is 0 Å². The van der Waals surface area contributed by atoms with E-state index < -0.39 is 177 Å². The molecule has 0 N–H and O–H groups in total. The van der Waals surface area contributed by atoms with Gasteiger partial charge in [-0.15, -0.1) is 0 Å². The van der Waals surface area contributed by atoms with Gasteiger partial charge in [0.25, 0.3) is 0 Å². The van der Waals surface area contributed by atoms with E-state index in [0.717, 1.165) is 18.2 Å². The van der Waals surface area contributed by atoms with Crippen molar-refractivity contribution in [1.29, 1.82) is 0 Å². The minimum absolute atomic E-state index is 0.570. The largest absolute Gasteiger partial charge is 0.203 e. The lowest BCUT2D eigenvalue weighted by molar-refractivity contribution is 0.382. The zero-order chi connectivity index (χ0) is 40.4. The number of halogens is 20. The van der Waals surface area contributed by atoms with Crippen LogP contribution in [0.1, 0.15) is 11.1 Å². The zero-order valence-electron chi connectivity index (χ0n) is 25.2. The molecule has 0 spiro atoms. The molecule has 0 amide bonds. The van der Waals surface area contributed by atoms with Crippen LogP contribution in [-0.2, 0) is 12.3 Å². The average Bonchev–Trinajstić information content (AvgIpc) is 3.14. The third-order valence-electron chi connectivity index (χ3n) is 7.50. The quantitative estimate of drug-likeness (QED) is 0.0633. The lowest BCUT2D eigenvalue weighted by Gasteiger charge is -2.24. The lowest BCUT2D eigenvalue weighted by Crippen LogP contribution is -2.29. The summed E-state index contributed by atoms with van der Waals surface area (Å²) in [6.07, 6.45) is -2.91. The van der Waals surface area contributed by atoms with Gasteiger partial charge in [-0.3, -0.25) is 0 Å². The van der Waals surface area contributed by atoms with Gasteiger partial charge in [-0.2, -0.15) is 0 Å². The highest BCUT2D eigenvalue weighted by atomic mass is 31.1. The van der Waals surface area contributed by atoms with Crippen molar-refractivity contribution >= 4 is 37.1 Å². The third-order valence-corrected chi connectivity index (χ3v) is 12.6. The summed E-state index contributed by atoms with van der Waals surface area (Å²) >= 11 is 0. The Bertz CT molecular complexity index is 1960. The van der Waals surface area contributed by atoms with Gasteiger partial charge in [-0.05, 0) is 27.0 Å². The van der Waals surface area contributed by atoms with Crippen LogP contribution in [0.4, 0.5) is 87.8 Å². The van der Waals surface area contributed by atoms with Gasteiger partial charge in [-0.1, -0.05) is 24.3 Å². The van der Waals surface area contributed by atoms with Crippen LogP contribution in [0.3, 0.4) is 0 Å². The number of benzene rings is 5. The molecule has 0 nitrogen and oxygen atoms in total. The summed E-state index contributed by atoms with van der Waals surface area (Å²) in [6, 6.07) is 2.90. The van der Waals surface area contributed by atoms with E-state index in [1.165, 1.54) is 0 Å². The molecule has 0 aliphatic carbocycles. The van der Waals surface area contributed by atoms with Crippen molar-refractivity contribution in [1.82, 2.24) is 0 Å². The molecule has 0 fully saturated rings. The Morgan fingerprint density at radius 2 is 0.426 bits per heavy atom. The second-order valence-electron chi connectivity index (χ2n) is 10.7. The van der Waals surface area contributed by atoms with Crippen LogP contribution in [0.5, 0.6) is 0 Å². The number of rotatable bonds is 8. The minimum Gasteiger partial charge on any atom is -0.203 e. The molecule has 0 radical (unpaired) electrons. The van der Waals surface area contributed by atoms with Crippen molar-refractivity contribution in [3.63, 3.8) is 0 Å². The Morgan fingerprint density at radius 1 is 0.259 bits per heavy atom. The van der Waals surface area contributed by atoms with Crippen LogP contribution < -0.4 is 21.2 Å². The van der Waals surface area contributed by atoms with E-state index in [1.54, 1.807) is 0 Å². The minimum atomic E-state index is -3.98. The van der Waals surface area contributed by atoms with Crippen molar-refractivity contribution in [3.8, 4) is 0 Å². The molecule has 5 aromatic carbocycles. The first-order valence-corrected chi connectivity index (χ1v) is 16.9. The number of hydrogen-bond donors (Lipinski definition) is 0. The predicted molar refractivity (Wildman–Crippen MR) is 151 cm³/mol. The van der Waals surface area contributed by atoms with Gasteiger partial charge in [0.2, 0.25) is 23.3 Å².